The molecule has 9 nitrogen and oxygen atoms in total. The highest BCUT2D eigenvalue weighted by atomic mass is 32.2. The third-order valence-electron chi connectivity index (χ3n) is 5.65. The summed E-state index contributed by atoms with van der Waals surface area (Å²) in [5.41, 5.74) is 4.80. The molecular formula is C26H23N5O4S. The van der Waals surface area contributed by atoms with Gasteiger partial charge in [-0.2, -0.15) is 4.68 Å². The summed E-state index contributed by atoms with van der Waals surface area (Å²) < 4.78 is 6.35. The molecule has 182 valence electrons. The van der Waals surface area contributed by atoms with E-state index in [-0.39, 0.29) is 35.7 Å². The van der Waals surface area contributed by atoms with E-state index in [1.165, 1.54) is 6.26 Å². The monoisotopic (exact) mass is 501 g/mol. The smallest absolute Gasteiger partial charge is 0.281 e. The van der Waals surface area contributed by atoms with Crippen LogP contribution in [0.5, 0.6) is 0 Å². The van der Waals surface area contributed by atoms with Crippen LogP contribution in [0.4, 0.5) is 0 Å². The normalized spacial score (nSPS) is 11.1. The van der Waals surface area contributed by atoms with Crippen molar-refractivity contribution in [1.29, 1.82) is 0 Å². The zero-order chi connectivity index (χ0) is 24.9. The Bertz CT molecular complexity index is 1590. The second-order valence-electron chi connectivity index (χ2n) is 8.09. The highest BCUT2D eigenvalue weighted by Crippen LogP contribution is 2.20. The van der Waals surface area contributed by atoms with Crippen LogP contribution in [0, 0.1) is 0 Å². The van der Waals surface area contributed by atoms with Crippen molar-refractivity contribution in [2.24, 2.45) is 0 Å². The van der Waals surface area contributed by atoms with Crippen LogP contribution in [0.1, 0.15) is 17.7 Å². The number of amides is 2. The molecule has 0 aliphatic heterocycles. The van der Waals surface area contributed by atoms with Crippen LogP contribution in [-0.4, -0.2) is 32.2 Å². The molecule has 0 spiro atoms. The molecule has 0 aliphatic carbocycles. The number of furan rings is 1. The summed E-state index contributed by atoms with van der Waals surface area (Å²) in [5, 5.41) is 4.43. The molecule has 3 heterocycles. The lowest BCUT2D eigenvalue weighted by Gasteiger charge is -2.14. The van der Waals surface area contributed by atoms with Crippen LogP contribution in [0.15, 0.2) is 87.5 Å². The molecule has 10 heteroatoms. The third-order valence-corrected chi connectivity index (χ3v) is 6.59. The molecule has 3 aromatic heterocycles. The van der Waals surface area contributed by atoms with Crippen LogP contribution in [-0.2, 0) is 22.6 Å². The first kappa shape index (κ1) is 23.4. The predicted octanol–water partition coefficient (Wildman–Crippen LogP) is 3.58. The summed E-state index contributed by atoms with van der Waals surface area (Å²) in [6.07, 6.45) is 4.11. The van der Waals surface area contributed by atoms with Crippen LogP contribution in [0.3, 0.4) is 0 Å². The lowest BCUT2D eigenvalue weighted by molar-refractivity contribution is -0.119. The number of nitrogens with zero attached hydrogens (tertiary/aromatic N) is 2. The van der Waals surface area contributed by atoms with Gasteiger partial charge in [-0.25, -0.2) is 4.98 Å². The molecular weight excluding hydrogens is 478 g/mol. The Morgan fingerprint density at radius 2 is 1.81 bits per heavy atom. The van der Waals surface area contributed by atoms with Crippen molar-refractivity contribution in [3.8, 4) is 0 Å². The lowest BCUT2D eigenvalue weighted by atomic mass is 10.1. The molecule has 0 unspecified atom stereocenters. The summed E-state index contributed by atoms with van der Waals surface area (Å²) in [7, 11) is 0. The zero-order valence-corrected chi connectivity index (χ0v) is 20.0. The van der Waals surface area contributed by atoms with Crippen LogP contribution >= 0.6 is 11.8 Å². The maximum Gasteiger partial charge on any atom is 0.281 e. The number of carbonyl (C=O) groups is 2. The number of thioether (sulfide) groups is 1. The molecule has 5 aromatic rings. The van der Waals surface area contributed by atoms with Gasteiger partial charge in [0.15, 0.2) is 5.16 Å². The summed E-state index contributed by atoms with van der Waals surface area (Å²) >= 11 is 1.07. The minimum atomic E-state index is -0.403. The standard InChI is InChI=1S/C26H23N5O4S/c32-23(12-11-17-14-27-21-9-3-1-7-19(17)21)30-31-25(34)20-8-2-4-10-22(20)29-26(31)36-16-24(33)28-15-18-6-5-13-35-18/h1-10,13-14,27H,11-12,15-16H2,(H,28,33)(H,30,32). The van der Waals surface area contributed by atoms with E-state index in [1.807, 2.05) is 30.5 Å². The first-order valence-electron chi connectivity index (χ1n) is 11.4. The zero-order valence-electron chi connectivity index (χ0n) is 19.2. The third kappa shape index (κ3) is 5.18. The largest absolute Gasteiger partial charge is 0.467 e. The highest BCUT2D eigenvalue weighted by molar-refractivity contribution is 7.99. The molecule has 0 bridgehead atoms. The second kappa shape index (κ2) is 10.5. The lowest BCUT2D eigenvalue weighted by Crippen LogP contribution is -2.35. The van der Waals surface area contributed by atoms with E-state index in [4.69, 9.17) is 4.42 Å². The molecule has 0 saturated carbocycles. The van der Waals surface area contributed by atoms with Crippen LogP contribution in [0.2, 0.25) is 0 Å². The van der Waals surface area contributed by atoms with Gasteiger partial charge in [-0.15, -0.1) is 0 Å². The number of para-hydroxylation sites is 2. The van der Waals surface area contributed by atoms with Crippen molar-refractivity contribution in [3.05, 3.63) is 94.8 Å². The molecule has 3 N–H and O–H groups in total. The van der Waals surface area contributed by atoms with Gasteiger partial charge in [0.25, 0.3) is 5.56 Å². The van der Waals surface area contributed by atoms with E-state index in [0.717, 1.165) is 32.9 Å². The minimum absolute atomic E-state index is 0.0106. The van der Waals surface area contributed by atoms with Crippen molar-refractivity contribution >= 4 is 45.4 Å². The van der Waals surface area contributed by atoms with E-state index in [1.54, 1.807) is 36.4 Å². The fraction of sp³-hybridized carbons (Fsp3) is 0.154. The average molecular weight is 502 g/mol. The first-order chi connectivity index (χ1) is 17.6. The number of carbonyl (C=O) groups excluding carboxylic acids is 2. The van der Waals surface area contributed by atoms with E-state index in [0.29, 0.717) is 23.1 Å². The highest BCUT2D eigenvalue weighted by Gasteiger charge is 2.16. The van der Waals surface area contributed by atoms with Crippen LogP contribution in [0.25, 0.3) is 21.8 Å². The molecule has 0 atom stereocenters. The summed E-state index contributed by atoms with van der Waals surface area (Å²) in [6, 6.07) is 18.3. The number of aryl methyl sites for hydroxylation is 1. The number of aromatic amines is 1. The van der Waals surface area contributed by atoms with Crippen molar-refractivity contribution in [2.45, 2.75) is 24.5 Å². The summed E-state index contributed by atoms with van der Waals surface area (Å²) in [5.74, 6) is 0.0626. The van der Waals surface area contributed by atoms with Gasteiger partial charge < -0.3 is 14.7 Å². The van der Waals surface area contributed by atoms with Gasteiger partial charge in [0.05, 0.1) is 29.5 Å². The van der Waals surface area contributed by atoms with E-state index in [2.05, 4.69) is 20.7 Å². The summed E-state index contributed by atoms with van der Waals surface area (Å²) in [6.45, 7) is 0.259. The number of hydrogen-bond acceptors (Lipinski definition) is 6. The average Bonchev–Trinajstić information content (AvgIpc) is 3.57. The minimum Gasteiger partial charge on any atom is -0.467 e. The molecule has 0 saturated heterocycles. The number of aromatic nitrogens is 3. The van der Waals surface area contributed by atoms with Gasteiger partial charge in [-0.1, -0.05) is 42.1 Å². The van der Waals surface area contributed by atoms with Gasteiger partial charge in [0.2, 0.25) is 11.8 Å². The van der Waals surface area contributed by atoms with Crippen molar-refractivity contribution in [2.75, 3.05) is 11.2 Å². The Labute approximate surface area is 209 Å². The number of H-pyrrole nitrogens is 1. The van der Waals surface area contributed by atoms with Crippen molar-refractivity contribution < 1.29 is 14.0 Å². The van der Waals surface area contributed by atoms with E-state index >= 15 is 0 Å². The molecule has 0 fully saturated rings. The number of nitrogens with one attached hydrogen (secondary N) is 3. The molecule has 0 aliphatic rings. The molecule has 2 aromatic carbocycles. The number of benzene rings is 2. The van der Waals surface area contributed by atoms with Gasteiger partial charge >= 0.3 is 0 Å². The fourth-order valence-corrected chi connectivity index (χ4v) is 4.64. The molecule has 2 amide bonds. The Balaban J connectivity index is 1.31. The quantitative estimate of drug-likeness (QED) is 0.210. The number of fused-ring (bicyclic) bond motifs is 2. The van der Waals surface area contributed by atoms with Crippen LogP contribution < -0.4 is 16.3 Å². The topological polar surface area (TPSA) is 122 Å². The SMILES string of the molecule is O=C(CSc1nc2ccccc2c(=O)n1NC(=O)CCc1c[nH]c2ccccc12)NCc1ccco1. The number of hydrogen-bond donors (Lipinski definition) is 3. The Morgan fingerprint density at radius 3 is 2.64 bits per heavy atom. The first-order valence-corrected chi connectivity index (χ1v) is 12.4. The predicted molar refractivity (Wildman–Crippen MR) is 138 cm³/mol. The van der Waals surface area contributed by atoms with E-state index < -0.39 is 5.56 Å². The van der Waals surface area contributed by atoms with Gasteiger partial charge in [0, 0.05) is 23.5 Å². The van der Waals surface area contributed by atoms with E-state index in [9.17, 15) is 14.4 Å². The van der Waals surface area contributed by atoms with Crippen molar-refractivity contribution in [3.63, 3.8) is 0 Å². The molecule has 5 rings (SSSR count). The van der Waals surface area contributed by atoms with Gasteiger partial charge in [-0.05, 0) is 42.3 Å². The van der Waals surface area contributed by atoms with Gasteiger partial charge in [0.1, 0.15) is 5.76 Å². The summed E-state index contributed by atoms with van der Waals surface area (Å²) in [4.78, 5) is 46.1. The molecule has 0 radical (unpaired) electrons. The Morgan fingerprint density at radius 1 is 1.00 bits per heavy atom. The van der Waals surface area contributed by atoms with Gasteiger partial charge in [-0.3, -0.25) is 19.8 Å². The Hall–Kier alpha value is -4.31. The number of rotatable bonds is 9. The Kier molecular flexibility index (Phi) is 6.85. The maximum atomic E-state index is 13.2. The van der Waals surface area contributed by atoms with Crippen molar-refractivity contribution in [1.82, 2.24) is 20.0 Å². The second-order valence-corrected chi connectivity index (χ2v) is 9.03. The maximum absolute atomic E-state index is 13.2. The molecule has 36 heavy (non-hydrogen) atoms. The fourth-order valence-electron chi connectivity index (χ4n) is 3.86.